The molecule has 0 radical (unpaired) electrons. The van der Waals surface area contributed by atoms with E-state index in [0.29, 0.717) is 16.5 Å². The summed E-state index contributed by atoms with van der Waals surface area (Å²) in [7, 11) is 0. The quantitative estimate of drug-likeness (QED) is 0.346. The molecule has 5 nitrogen and oxygen atoms in total. The second-order valence-corrected chi connectivity index (χ2v) is 7.70. The average Bonchev–Trinajstić information content (AvgIpc) is 2.80. The lowest BCUT2D eigenvalue weighted by Gasteiger charge is -2.17. The van der Waals surface area contributed by atoms with Gasteiger partial charge in [-0.05, 0) is 73.2 Å². The number of hydrogen-bond donors (Lipinski definition) is 3. The molecule has 0 spiro atoms. The molecule has 3 aromatic carbocycles. The predicted octanol–water partition coefficient (Wildman–Crippen LogP) is 5.67. The Labute approximate surface area is 190 Å². The van der Waals surface area contributed by atoms with Crippen LogP contribution in [-0.4, -0.2) is 16.0 Å². The molecule has 4 aromatic rings. The molecule has 32 heavy (non-hydrogen) atoms. The maximum Gasteiger partial charge on any atom is 0.274 e. The molecule has 7 heteroatoms. The van der Waals surface area contributed by atoms with Crippen LogP contribution in [0.3, 0.4) is 0 Å². The van der Waals surface area contributed by atoms with E-state index >= 15 is 0 Å². The van der Waals surface area contributed by atoms with E-state index < -0.39 is 0 Å². The van der Waals surface area contributed by atoms with Gasteiger partial charge in [0.1, 0.15) is 11.5 Å². The molecule has 1 amide bonds. The second-order valence-electron chi connectivity index (χ2n) is 7.29. The van der Waals surface area contributed by atoms with Gasteiger partial charge < -0.3 is 16.0 Å². The largest absolute Gasteiger partial charge is 0.356 e. The maximum absolute atomic E-state index is 13.1. The highest BCUT2D eigenvalue weighted by molar-refractivity contribution is 7.80. The number of nitrogens with zero attached hydrogens (tertiary/aromatic N) is 1. The molecule has 1 aromatic heterocycles. The standard InChI is InChI=1S/C25H21FN4OS/c1-16(17-6-9-19(26)10-7-17)27-25(32)29-21-13-11-20(12-14-21)28-24(31)23-15-8-18-4-2-3-5-22(18)30-23/h2-16H,1H3,(H,28,31)(H2,27,29,32). The first-order chi connectivity index (χ1) is 15.5. The van der Waals surface area contributed by atoms with Gasteiger partial charge in [-0.1, -0.05) is 36.4 Å². The summed E-state index contributed by atoms with van der Waals surface area (Å²) < 4.78 is 13.1. The lowest BCUT2D eigenvalue weighted by molar-refractivity contribution is 0.102. The number of thiocarbonyl (C=S) groups is 1. The van der Waals surface area contributed by atoms with Crippen molar-refractivity contribution in [3.05, 3.63) is 102 Å². The fourth-order valence-electron chi connectivity index (χ4n) is 3.22. The molecule has 1 heterocycles. The Morgan fingerprint density at radius 3 is 2.25 bits per heavy atom. The van der Waals surface area contributed by atoms with Crippen LogP contribution in [0, 0.1) is 5.82 Å². The maximum atomic E-state index is 13.1. The molecule has 160 valence electrons. The first kappa shape index (κ1) is 21.4. The van der Waals surface area contributed by atoms with Gasteiger partial charge in [0.2, 0.25) is 0 Å². The van der Waals surface area contributed by atoms with Crippen molar-refractivity contribution in [1.29, 1.82) is 0 Å². The summed E-state index contributed by atoms with van der Waals surface area (Å²) in [5, 5.41) is 10.6. The Balaban J connectivity index is 1.34. The lowest BCUT2D eigenvalue weighted by Crippen LogP contribution is -2.30. The van der Waals surface area contributed by atoms with E-state index in [-0.39, 0.29) is 17.8 Å². The van der Waals surface area contributed by atoms with Crippen LogP contribution in [0.5, 0.6) is 0 Å². The number of amides is 1. The number of nitrogens with one attached hydrogen (secondary N) is 3. The number of fused-ring (bicyclic) bond motifs is 1. The van der Waals surface area contributed by atoms with E-state index in [9.17, 15) is 9.18 Å². The number of anilines is 2. The number of benzene rings is 3. The molecule has 1 atom stereocenters. The number of pyridine rings is 1. The third-order valence-corrected chi connectivity index (χ3v) is 5.17. The van der Waals surface area contributed by atoms with Gasteiger partial charge in [-0.15, -0.1) is 0 Å². The van der Waals surface area contributed by atoms with Crippen molar-refractivity contribution in [2.75, 3.05) is 10.6 Å². The Morgan fingerprint density at radius 1 is 0.875 bits per heavy atom. The molecule has 0 aliphatic rings. The van der Waals surface area contributed by atoms with E-state index in [1.54, 1.807) is 30.3 Å². The summed E-state index contributed by atoms with van der Waals surface area (Å²) in [4.78, 5) is 17.0. The van der Waals surface area contributed by atoms with Gasteiger partial charge in [0.25, 0.3) is 5.91 Å². The number of carbonyl (C=O) groups excluding carboxylic acids is 1. The number of aromatic nitrogens is 1. The smallest absolute Gasteiger partial charge is 0.274 e. The zero-order valence-electron chi connectivity index (χ0n) is 17.3. The Hall–Kier alpha value is -3.84. The molecule has 0 aliphatic carbocycles. The fourth-order valence-corrected chi connectivity index (χ4v) is 3.52. The molecule has 1 unspecified atom stereocenters. The minimum Gasteiger partial charge on any atom is -0.356 e. The zero-order chi connectivity index (χ0) is 22.5. The molecular formula is C25H21FN4OS. The van der Waals surface area contributed by atoms with Crippen molar-refractivity contribution in [2.24, 2.45) is 0 Å². The van der Waals surface area contributed by atoms with Gasteiger partial charge in [-0.2, -0.15) is 0 Å². The van der Waals surface area contributed by atoms with Gasteiger partial charge in [-0.3, -0.25) is 4.79 Å². The van der Waals surface area contributed by atoms with E-state index in [4.69, 9.17) is 12.2 Å². The van der Waals surface area contributed by atoms with Crippen molar-refractivity contribution in [2.45, 2.75) is 13.0 Å². The van der Waals surface area contributed by atoms with Crippen molar-refractivity contribution >= 4 is 45.5 Å². The Morgan fingerprint density at radius 2 is 1.53 bits per heavy atom. The van der Waals surface area contributed by atoms with Crippen LogP contribution in [0.15, 0.2) is 84.9 Å². The van der Waals surface area contributed by atoms with Gasteiger partial charge in [0.05, 0.1) is 11.6 Å². The highest BCUT2D eigenvalue weighted by Gasteiger charge is 2.10. The van der Waals surface area contributed by atoms with E-state index in [1.807, 2.05) is 49.4 Å². The number of para-hydroxylation sites is 1. The van der Waals surface area contributed by atoms with Gasteiger partial charge in [-0.25, -0.2) is 9.37 Å². The molecule has 0 saturated carbocycles. The topological polar surface area (TPSA) is 66.0 Å². The number of rotatable bonds is 5. The fraction of sp³-hybridized carbons (Fsp3) is 0.0800. The molecule has 0 bridgehead atoms. The van der Waals surface area contributed by atoms with Gasteiger partial charge >= 0.3 is 0 Å². The summed E-state index contributed by atoms with van der Waals surface area (Å²) in [6, 6.07) is 24.7. The molecule has 4 rings (SSSR count). The van der Waals surface area contributed by atoms with E-state index in [2.05, 4.69) is 20.9 Å². The average molecular weight is 445 g/mol. The van der Waals surface area contributed by atoms with Crippen LogP contribution in [-0.2, 0) is 0 Å². The summed E-state index contributed by atoms with van der Waals surface area (Å²) >= 11 is 5.37. The molecule has 0 saturated heterocycles. The van der Waals surface area contributed by atoms with Crippen molar-refractivity contribution in [3.8, 4) is 0 Å². The molecule has 3 N–H and O–H groups in total. The third-order valence-electron chi connectivity index (χ3n) is 4.95. The van der Waals surface area contributed by atoms with Gasteiger partial charge in [0.15, 0.2) is 5.11 Å². The minimum atomic E-state index is -0.276. The first-order valence-electron chi connectivity index (χ1n) is 10.1. The predicted molar refractivity (Wildman–Crippen MR) is 130 cm³/mol. The van der Waals surface area contributed by atoms with Gasteiger partial charge in [0, 0.05) is 16.8 Å². The third kappa shape index (κ3) is 5.25. The zero-order valence-corrected chi connectivity index (χ0v) is 18.1. The van der Waals surface area contributed by atoms with Crippen LogP contribution in [0.1, 0.15) is 29.0 Å². The van der Waals surface area contributed by atoms with Crippen molar-refractivity contribution in [3.63, 3.8) is 0 Å². The van der Waals surface area contributed by atoms with E-state index in [1.165, 1.54) is 12.1 Å². The highest BCUT2D eigenvalue weighted by Crippen LogP contribution is 2.17. The minimum absolute atomic E-state index is 0.0800. The van der Waals surface area contributed by atoms with Crippen LogP contribution in [0.4, 0.5) is 15.8 Å². The highest BCUT2D eigenvalue weighted by atomic mass is 32.1. The SMILES string of the molecule is CC(NC(=S)Nc1ccc(NC(=O)c2ccc3ccccc3n2)cc1)c1ccc(F)cc1. The monoisotopic (exact) mass is 444 g/mol. The first-order valence-corrected chi connectivity index (χ1v) is 10.5. The summed E-state index contributed by atoms with van der Waals surface area (Å²) in [5.74, 6) is -0.549. The number of halogens is 1. The van der Waals surface area contributed by atoms with Crippen LogP contribution < -0.4 is 16.0 Å². The second kappa shape index (κ2) is 9.53. The Kier molecular flexibility index (Phi) is 6.37. The molecular weight excluding hydrogens is 423 g/mol. The summed E-state index contributed by atoms with van der Waals surface area (Å²) in [6.07, 6.45) is 0. The number of carbonyl (C=O) groups is 1. The van der Waals surface area contributed by atoms with Crippen LogP contribution >= 0.6 is 12.2 Å². The molecule has 0 fully saturated rings. The van der Waals surface area contributed by atoms with Crippen molar-refractivity contribution in [1.82, 2.24) is 10.3 Å². The Bertz CT molecular complexity index is 1260. The van der Waals surface area contributed by atoms with Crippen LogP contribution in [0.2, 0.25) is 0 Å². The van der Waals surface area contributed by atoms with E-state index in [0.717, 1.165) is 22.2 Å². The number of hydrogen-bond acceptors (Lipinski definition) is 3. The summed E-state index contributed by atoms with van der Waals surface area (Å²) in [6.45, 7) is 1.95. The van der Waals surface area contributed by atoms with Crippen molar-refractivity contribution < 1.29 is 9.18 Å². The summed E-state index contributed by atoms with van der Waals surface area (Å²) in [5.41, 5.74) is 3.47. The molecule has 0 aliphatic heterocycles. The van der Waals surface area contributed by atoms with Crippen LogP contribution in [0.25, 0.3) is 10.9 Å². The normalized spacial score (nSPS) is 11.6. The lowest BCUT2D eigenvalue weighted by atomic mass is 10.1.